The molecule has 4 aromatic rings. The Morgan fingerprint density at radius 1 is 1.07 bits per heavy atom. The second-order valence-corrected chi connectivity index (χ2v) is 7.99. The number of nitrogens with one attached hydrogen (secondary N) is 1. The highest BCUT2D eigenvalue weighted by Crippen LogP contribution is 2.33. The Kier molecular flexibility index (Phi) is 5.25. The summed E-state index contributed by atoms with van der Waals surface area (Å²) in [6.07, 6.45) is 1.78. The number of fused-ring (bicyclic) bond motifs is 2. The molecule has 0 radical (unpaired) electrons. The fraction of sp³-hybridized carbons (Fsp3) is 0.273. The zero-order chi connectivity index (χ0) is 19.5. The summed E-state index contributed by atoms with van der Waals surface area (Å²) in [6.45, 7) is 5.56. The fourth-order valence-corrected chi connectivity index (χ4v) is 4.40. The molecule has 1 saturated heterocycles. The number of nitrogens with zero attached hydrogens (tertiary/aromatic N) is 3. The zero-order valence-corrected chi connectivity index (χ0v) is 16.8. The Morgan fingerprint density at radius 2 is 1.97 bits per heavy atom. The maximum absolute atomic E-state index is 6.17. The minimum atomic E-state index is 0.803. The third-order valence-electron chi connectivity index (χ3n) is 5.00. The number of thiazole rings is 1. The van der Waals surface area contributed by atoms with E-state index in [1.165, 1.54) is 0 Å². The summed E-state index contributed by atoms with van der Waals surface area (Å²) in [5.74, 6) is 1.61. The SMILES string of the molecule is c1ccc2c(Oc3ccc4nc(NCCN5CCOCC5)sc4c3)ccnc2c1. The van der Waals surface area contributed by atoms with Gasteiger partial charge in [0.15, 0.2) is 5.13 Å². The number of rotatable bonds is 6. The van der Waals surface area contributed by atoms with Crippen LogP contribution in [0.4, 0.5) is 5.13 Å². The Labute approximate surface area is 173 Å². The molecule has 6 nitrogen and oxygen atoms in total. The molecular weight excluding hydrogens is 384 g/mol. The number of pyridine rings is 1. The normalized spacial score (nSPS) is 15.0. The predicted molar refractivity (Wildman–Crippen MR) is 117 cm³/mol. The third-order valence-corrected chi connectivity index (χ3v) is 5.98. The third kappa shape index (κ3) is 4.17. The van der Waals surface area contributed by atoms with Crippen LogP contribution in [0.5, 0.6) is 11.5 Å². The van der Waals surface area contributed by atoms with E-state index in [4.69, 9.17) is 14.5 Å². The van der Waals surface area contributed by atoms with Crippen molar-refractivity contribution >= 4 is 37.6 Å². The van der Waals surface area contributed by atoms with Crippen LogP contribution in [0.2, 0.25) is 0 Å². The van der Waals surface area contributed by atoms with Crippen LogP contribution in [0, 0.1) is 0 Å². The van der Waals surface area contributed by atoms with Crippen molar-refractivity contribution in [2.75, 3.05) is 44.7 Å². The molecule has 148 valence electrons. The van der Waals surface area contributed by atoms with E-state index in [0.717, 1.165) is 77.1 Å². The molecule has 3 heterocycles. The van der Waals surface area contributed by atoms with Gasteiger partial charge in [0.05, 0.1) is 28.9 Å². The number of hydrogen-bond donors (Lipinski definition) is 1. The van der Waals surface area contributed by atoms with Crippen molar-refractivity contribution in [1.29, 1.82) is 0 Å². The lowest BCUT2D eigenvalue weighted by Gasteiger charge is -2.26. The minimum absolute atomic E-state index is 0.803. The first-order chi connectivity index (χ1) is 14.3. The number of aromatic nitrogens is 2. The van der Waals surface area contributed by atoms with Gasteiger partial charge in [-0.05, 0) is 30.3 Å². The van der Waals surface area contributed by atoms with E-state index >= 15 is 0 Å². The van der Waals surface area contributed by atoms with E-state index in [9.17, 15) is 0 Å². The van der Waals surface area contributed by atoms with E-state index in [1.54, 1.807) is 17.5 Å². The number of anilines is 1. The van der Waals surface area contributed by atoms with Crippen LogP contribution in [-0.2, 0) is 4.74 Å². The van der Waals surface area contributed by atoms with Gasteiger partial charge in [-0.25, -0.2) is 4.98 Å². The van der Waals surface area contributed by atoms with Crippen LogP contribution in [0.25, 0.3) is 21.1 Å². The minimum Gasteiger partial charge on any atom is -0.457 e. The van der Waals surface area contributed by atoms with Crippen LogP contribution in [0.3, 0.4) is 0 Å². The first-order valence-electron chi connectivity index (χ1n) is 9.81. The molecular formula is C22H22N4O2S. The molecule has 2 aromatic heterocycles. The van der Waals surface area contributed by atoms with Gasteiger partial charge in [-0.1, -0.05) is 23.5 Å². The van der Waals surface area contributed by atoms with Gasteiger partial charge in [0.1, 0.15) is 11.5 Å². The molecule has 2 aromatic carbocycles. The molecule has 0 amide bonds. The Balaban J connectivity index is 1.29. The second kappa shape index (κ2) is 8.32. The highest BCUT2D eigenvalue weighted by molar-refractivity contribution is 7.22. The van der Waals surface area contributed by atoms with Gasteiger partial charge < -0.3 is 14.8 Å². The van der Waals surface area contributed by atoms with Gasteiger partial charge in [0.25, 0.3) is 0 Å². The van der Waals surface area contributed by atoms with Crippen molar-refractivity contribution in [1.82, 2.24) is 14.9 Å². The van der Waals surface area contributed by atoms with Crippen LogP contribution in [0.1, 0.15) is 0 Å². The van der Waals surface area contributed by atoms with Gasteiger partial charge >= 0.3 is 0 Å². The zero-order valence-electron chi connectivity index (χ0n) is 16.0. The largest absolute Gasteiger partial charge is 0.457 e. The summed E-state index contributed by atoms with van der Waals surface area (Å²) in [5.41, 5.74) is 1.91. The Hall–Kier alpha value is -2.74. The first-order valence-corrected chi connectivity index (χ1v) is 10.6. The maximum Gasteiger partial charge on any atom is 0.183 e. The summed E-state index contributed by atoms with van der Waals surface area (Å²) in [5, 5.41) is 5.40. The van der Waals surface area contributed by atoms with Crippen LogP contribution in [-0.4, -0.2) is 54.3 Å². The van der Waals surface area contributed by atoms with Crippen molar-refractivity contribution < 1.29 is 9.47 Å². The lowest BCUT2D eigenvalue weighted by molar-refractivity contribution is 0.0398. The Bertz CT molecular complexity index is 1120. The Morgan fingerprint density at radius 3 is 2.90 bits per heavy atom. The molecule has 29 heavy (non-hydrogen) atoms. The molecule has 1 fully saturated rings. The van der Waals surface area contributed by atoms with Crippen molar-refractivity contribution in [3.63, 3.8) is 0 Å². The molecule has 1 aliphatic heterocycles. The average molecular weight is 407 g/mol. The monoisotopic (exact) mass is 406 g/mol. The van der Waals surface area contributed by atoms with Crippen molar-refractivity contribution in [3.8, 4) is 11.5 Å². The van der Waals surface area contributed by atoms with E-state index in [2.05, 4.69) is 21.3 Å². The molecule has 0 saturated carbocycles. The lowest BCUT2D eigenvalue weighted by atomic mass is 10.2. The molecule has 0 bridgehead atoms. The number of morpholine rings is 1. The van der Waals surface area contributed by atoms with Gasteiger partial charge in [-0.3, -0.25) is 9.88 Å². The topological polar surface area (TPSA) is 59.5 Å². The lowest BCUT2D eigenvalue weighted by Crippen LogP contribution is -2.38. The average Bonchev–Trinajstić information content (AvgIpc) is 3.17. The fourth-order valence-electron chi connectivity index (χ4n) is 3.48. The quantitative estimate of drug-likeness (QED) is 0.513. The first kappa shape index (κ1) is 18.3. The highest BCUT2D eigenvalue weighted by atomic mass is 32.1. The summed E-state index contributed by atoms with van der Waals surface area (Å²) >= 11 is 1.65. The second-order valence-electron chi connectivity index (χ2n) is 6.96. The number of para-hydroxylation sites is 1. The van der Waals surface area contributed by atoms with E-state index in [0.29, 0.717) is 0 Å². The number of hydrogen-bond acceptors (Lipinski definition) is 7. The molecule has 0 aliphatic carbocycles. The summed E-state index contributed by atoms with van der Waals surface area (Å²) in [7, 11) is 0. The standard InChI is InChI=1S/C22H22N4O2S/c1-2-4-18-17(3-1)20(7-8-23-18)28-16-5-6-19-21(15-16)29-22(25-19)24-9-10-26-11-13-27-14-12-26/h1-8,15H,9-14H2,(H,24,25). The smallest absolute Gasteiger partial charge is 0.183 e. The molecule has 0 spiro atoms. The predicted octanol–water partition coefficient (Wildman–Crippen LogP) is 4.38. The van der Waals surface area contributed by atoms with Crippen LogP contribution >= 0.6 is 11.3 Å². The molecule has 1 N–H and O–H groups in total. The van der Waals surface area contributed by atoms with Gasteiger partial charge in [0.2, 0.25) is 0 Å². The van der Waals surface area contributed by atoms with Gasteiger partial charge in [-0.15, -0.1) is 0 Å². The van der Waals surface area contributed by atoms with E-state index < -0.39 is 0 Å². The van der Waals surface area contributed by atoms with Crippen molar-refractivity contribution in [2.45, 2.75) is 0 Å². The summed E-state index contributed by atoms with van der Waals surface area (Å²) < 4.78 is 12.7. The van der Waals surface area contributed by atoms with Crippen molar-refractivity contribution in [2.24, 2.45) is 0 Å². The van der Waals surface area contributed by atoms with E-state index in [-0.39, 0.29) is 0 Å². The van der Waals surface area contributed by atoms with Crippen molar-refractivity contribution in [3.05, 3.63) is 54.7 Å². The summed E-state index contributed by atoms with van der Waals surface area (Å²) in [6, 6.07) is 15.9. The number of ether oxygens (including phenoxy) is 2. The van der Waals surface area contributed by atoms with E-state index in [1.807, 2.05) is 42.5 Å². The van der Waals surface area contributed by atoms with Crippen LogP contribution < -0.4 is 10.1 Å². The molecule has 5 rings (SSSR count). The van der Waals surface area contributed by atoms with Gasteiger partial charge in [-0.2, -0.15) is 0 Å². The molecule has 1 aliphatic rings. The van der Waals surface area contributed by atoms with Crippen LogP contribution in [0.15, 0.2) is 54.7 Å². The summed E-state index contributed by atoms with van der Waals surface area (Å²) in [4.78, 5) is 11.5. The number of benzene rings is 2. The molecule has 0 unspecified atom stereocenters. The maximum atomic E-state index is 6.17. The molecule has 0 atom stereocenters. The highest BCUT2D eigenvalue weighted by Gasteiger charge is 2.11. The molecule has 7 heteroatoms. The van der Waals surface area contributed by atoms with Gasteiger partial charge in [0, 0.05) is 43.8 Å².